The molecule has 48 heavy (non-hydrogen) atoms. The zero-order chi connectivity index (χ0) is 36.6. The second kappa shape index (κ2) is 14.7. The first-order valence-corrected chi connectivity index (χ1v) is 18.9. The number of allylic oxidation sites excluding steroid dienone is 4. The summed E-state index contributed by atoms with van der Waals surface area (Å²) in [6.07, 6.45) is 12.3. The van der Waals surface area contributed by atoms with Gasteiger partial charge in [0.05, 0.1) is 33.6 Å². The predicted octanol–water partition coefficient (Wildman–Crippen LogP) is 8.53. The molecule has 274 valence electrons. The highest BCUT2D eigenvalue weighted by atomic mass is 32.2. The Morgan fingerprint density at radius 1 is 0.542 bits per heavy atom. The molecule has 0 amide bonds. The molecule has 2 aliphatic carbocycles. The molecule has 15 heteroatoms. The summed E-state index contributed by atoms with van der Waals surface area (Å²) in [5.41, 5.74) is -5.64. The van der Waals surface area contributed by atoms with Crippen LogP contribution in [0.5, 0.6) is 0 Å². The molecule has 0 unspecified atom stereocenters. The van der Waals surface area contributed by atoms with Crippen LogP contribution in [0, 0.1) is 0 Å². The first-order valence-electron chi connectivity index (χ1n) is 17.4. The lowest BCUT2D eigenvalue weighted by molar-refractivity contribution is -0.0427. The van der Waals surface area contributed by atoms with Gasteiger partial charge in [0.15, 0.2) is 0 Å². The predicted molar refractivity (Wildman–Crippen MR) is 186 cm³/mol. The lowest BCUT2D eigenvalue weighted by Gasteiger charge is -2.32. The molecular formula is C33H58B3F3O8S. The molecule has 0 aromatic carbocycles. The van der Waals surface area contributed by atoms with Gasteiger partial charge >= 0.3 is 26.6 Å². The Hall–Kier alpha value is -0.825. The Morgan fingerprint density at radius 2 is 0.896 bits per heavy atom. The Kier molecular flexibility index (Phi) is 12.7. The second-order valence-corrected chi connectivity index (χ2v) is 18.4. The van der Waals surface area contributed by atoms with E-state index < -0.39 is 34.3 Å². The van der Waals surface area contributed by atoms with Gasteiger partial charge in [-0.3, -0.25) is 0 Å². The third kappa shape index (κ3) is 9.34. The molecule has 0 N–H and O–H groups in total. The van der Waals surface area contributed by atoms with Crippen molar-refractivity contribution in [2.45, 2.75) is 186 Å². The van der Waals surface area contributed by atoms with Crippen LogP contribution in [-0.4, -0.2) is 68.7 Å². The third-order valence-electron chi connectivity index (χ3n) is 11.0. The fourth-order valence-electron chi connectivity index (χ4n) is 5.63. The summed E-state index contributed by atoms with van der Waals surface area (Å²) in [4.78, 5) is -0.456. The van der Waals surface area contributed by atoms with E-state index in [-0.39, 0.29) is 47.1 Å². The maximum atomic E-state index is 12.1. The van der Waals surface area contributed by atoms with E-state index in [1.54, 1.807) is 0 Å². The number of hydrogen-bond donors (Lipinski definition) is 0. The number of hydrogen-bond acceptors (Lipinski definition) is 8. The minimum atomic E-state index is -5.15. The number of rotatable bonds is 3. The molecule has 8 nitrogen and oxygen atoms in total. The topological polar surface area (TPSA) is 89.5 Å². The smallest absolute Gasteiger partial charge is 0.405 e. The standard InChI is InChI=1S/C13H23BO2.C12H24B2O4.C8H11F3O2S/c1-12(2)13(3,4)16-14(15-12)11-9-7-5-6-8-10-11;1-9(2)10(3,4)16-13(15-9)14-17-11(5,6)12(7,8)18-14;9-8(10,11)14(12,13)7-5-3-1-2-4-6-7/h9H,5-8,10H2,1-4H3;1-8H3;5H,1-4,6H2. The summed E-state index contributed by atoms with van der Waals surface area (Å²) in [7, 11) is -6.12. The molecule has 0 aromatic heterocycles. The van der Waals surface area contributed by atoms with Crippen LogP contribution in [0.4, 0.5) is 13.2 Å². The summed E-state index contributed by atoms with van der Waals surface area (Å²) >= 11 is 0. The second-order valence-electron chi connectivity index (χ2n) is 16.4. The monoisotopic (exact) mass is 704 g/mol. The first kappa shape index (κ1) is 41.6. The number of alkyl halides is 3. The highest BCUT2D eigenvalue weighted by molar-refractivity contribution is 7.96. The van der Waals surface area contributed by atoms with Crippen LogP contribution in [0.15, 0.2) is 22.5 Å². The highest BCUT2D eigenvalue weighted by Gasteiger charge is 2.63. The van der Waals surface area contributed by atoms with Crippen LogP contribution in [0.1, 0.15) is 147 Å². The van der Waals surface area contributed by atoms with E-state index in [0.29, 0.717) is 12.8 Å². The lowest BCUT2D eigenvalue weighted by Crippen LogP contribution is -2.41. The fraction of sp³-hybridized carbons (Fsp3) is 0.879. The molecule has 3 saturated heterocycles. The van der Waals surface area contributed by atoms with E-state index in [9.17, 15) is 21.6 Å². The zero-order valence-electron chi connectivity index (χ0n) is 31.3. The van der Waals surface area contributed by atoms with Crippen LogP contribution in [0.3, 0.4) is 0 Å². The van der Waals surface area contributed by atoms with Gasteiger partial charge in [0.25, 0.3) is 9.84 Å². The molecule has 3 heterocycles. The van der Waals surface area contributed by atoms with Crippen LogP contribution in [0.25, 0.3) is 0 Å². The van der Waals surface area contributed by atoms with Crippen LogP contribution in [0.2, 0.25) is 0 Å². The molecule has 3 fully saturated rings. The van der Waals surface area contributed by atoms with Gasteiger partial charge in [0.1, 0.15) is 0 Å². The Balaban J connectivity index is 0.000000197. The SMILES string of the molecule is CC1(C)OB(B2OC(C)(C)C(C)(C)O2)OC1(C)C.CC1(C)OB(C2=CCCCCC2)OC1(C)C.O=S(=O)(C1=CCCCCC1)C(F)(F)F. The molecule has 0 radical (unpaired) electrons. The molecule has 3 aliphatic heterocycles. The Morgan fingerprint density at radius 3 is 1.29 bits per heavy atom. The zero-order valence-corrected chi connectivity index (χ0v) is 32.1. The molecule has 5 rings (SSSR count). The summed E-state index contributed by atoms with van der Waals surface area (Å²) in [6.45, 7) is 24.7. The van der Waals surface area contributed by atoms with E-state index in [0.717, 1.165) is 19.3 Å². The molecule has 0 saturated carbocycles. The van der Waals surface area contributed by atoms with E-state index in [4.69, 9.17) is 27.9 Å². The van der Waals surface area contributed by atoms with Gasteiger partial charge in [-0.05, 0) is 134 Å². The van der Waals surface area contributed by atoms with E-state index in [1.165, 1.54) is 37.2 Å². The van der Waals surface area contributed by atoms with Crippen molar-refractivity contribution >= 4 is 31.0 Å². The summed E-state index contributed by atoms with van der Waals surface area (Å²) in [6, 6.07) is 0. The van der Waals surface area contributed by atoms with E-state index in [2.05, 4.69) is 33.8 Å². The van der Waals surface area contributed by atoms with Crippen molar-refractivity contribution in [2.75, 3.05) is 0 Å². The maximum absolute atomic E-state index is 12.1. The Bertz CT molecular complexity index is 1210. The molecular weight excluding hydrogens is 646 g/mol. The van der Waals surface area contributed by atoms with Gasteiger partial charge in [0, 0.05) is 4.91 Å². The fourth-order valence-corrected chi connectivity index (χ4v) is 6.67. The van der Waals surface area contributed by atoms with Crippen molar-refractivity contribution in [1.82, 2.24) is 0 Å². The maximum Gasteiger partial charge on any atom is 0.501 e. The van der Waals surface area contributed by atoms with Crippen LogP contribution >= 0.6 is 0 Å². The number of halogens is 3. The van der Waals surface area contributed by atoms with Crippen molar-refractivity contribution in [3.05, 3.63) is 22.5 Å². The average Bonchev–Trinajstić information content (AvgIpc) is 3.21. The van der Waals surface area contributed by atoms with Crippen molar-refractivity contribution in [3.8, 4) is 0 Å². The normalized spacial score (nSPS) is 27.4. The van der Waals surface area contributed by atoms with Crippen molar-refractivity contribution in [2.24, 2.45) is 0 Å². The quantitative estimate of drug-likeness (QED) is 0.270. The summed E-state index contributed by atoms with van der Waals surface area (Å²) in [5.74, 6) is 0. The number of sulfone groups is 1. The van der Waals surface area contributed by atoms with Gasteiger partial charge in [0.2, 0.25) is 0 Å². The highest BCUT2D eigenvalue weighted by Crippen LogP contribution is 2.43. The van der Waals surface area contributed by atoms with Gasteiger partial charge in [-0.15, -0.1) is 0 Å². The average molecular weight is 704 g/mol. The summed E-state index contributed by atoms with van der Waals surface area (Å²) < 4.78 is 94.3. The largest absolute Gasteiger partial charge is 0.501 e. The molecule has 0 spiro atoms. The minimum absolute atomic E-state index is 0.0157. The first-order chi connectivity index (χ1) is 21.7. The van der Waals surface area contributed by atoms with E-state index >= 15 is 0 Å². The van der Waals surface area contributed by atoms with E-state index in [1.807, 2.05) is 55.4 Å². The van der Waals surface area contributed by atoms with Crippen molar-refractivity contribution in [1.29, 1.82) is 0 Å². The molecule has 5 aliphatic rings. The van der Waals surface area contributed by atoms with Crippen molar-refractivity contribution in [3.63, 3.8) is 0 Å². The molecule has 0 atom stereocenters. The molecule has 0 aromatic rings. The van der Waals surface area contributed by atoms with Gasteiger partial charge in [-0.1, -0.05) is 31.4 Å². The molecule has 0 bridgehead atoms. The Labute approximate surface area is 288 Å². The lowest BCUT2D eigenvalue weighted by atomic mass is 9.49. The van der Waals surface area contributed by atoms with Gasteiger partial charge in [-0.2, -0.15) is 13.2 Å². The third-order valence-corrected chi connectivity index (χ3v) is 12.7. The van der Waals surface area contributed by atoms with Gasteiger partial charge in [-0.25, -0.2) is 8.42 Å². The van der Waals surface area contributed by atoms with Gasteiger partial charge < -0.3 is 27.9 Å². The minimum Gasteiger partial charge on any atom is -0.405 e. The van der Waals surface area contributed by atoms with Crippen molar-refractivity contribution < 1.29 is 49.5 Å². The van der Waals surface area contributed by atoms with Crippen LogP contribution in [-0.2, 0) is 37.8 Å². The van der Waals surface area contributed by atoms with Crippen LogP contribution < -0.4 is 0 Å². The summed E-state index contributed by atoms with van der Waals surface area (Å²) in [5, 5.41) is 0.